The fourth-order valence-electron chi connectivity index (χ4n) is 6.23. The predicted molar refractivity (Wildman–Crippen MR) is 184 cm³/mol. The molecule has 4 heteroatoms. The predicted octanol–water partition coefficient (Wildman–Crippen LogP) is 10.7. The Labute approximate surface area is 259 Å². The topological polar surface area (TPSA) is 51.8 Å². The Morgan fingerprint density at radius 1 is 0.311 bits per heavy atom. The van der Waals surface area contributed by atoms with Gasteiger partial charge in [-0.1, -0.05) is 121 Å². The molecule has 0 N–H and O–H groups in total. The molecule has 0 saturated heterocycles. The normalized spacial score (nSPS) is 11.6. The minimum Gasteiger partial charge on any atom is -0.456 e. The number of benzene rings is 7. The zero-order valence-electron chi connectivity index (χ0n) is 24.2. The highest BCUT2D eigenvalue weighted by molar-refractivity contribution is 6.09. The van der Waals surface area contributed by atoms with E-state index < -0.39 is 0 Å². The van der Waals surface area contributed by atoms with Crippen molar-refractivity contribution in [2.24, 2.45) is 0 Å². The number of rotatable bonds is 4. The highest BCUT2D eigenvalue weighted by Crippen LogP contribution is 2.35. The van der Waals surface area contributed by atoms with Gasteiger partial charge >= 0.3 is 0 Å². The number of nitrogens with zero attached hydrogens (tertiary/aromatic N) is 3. The highest BCUT2D eigenvalue weighted by Gasteiger charge is 2.15. The van der Waals surface area contributed by atoms with Gasteiger partial charge in [0.15, 0.2) is 17.5 Å². The van der Waals surface area contributed by atoms with E-state index in [9.17, 15) is 0 Å². The molecule has 2 aromatic heterocycles. The largest absolute Gasteiger partial charge is 0.456 e. The zero-order valence-corrected chi connectivity index (χ0v) is 24.2. The Morgan fingerprint density at radius 2 is 0.889 bits per heavy atom. The maximum absolute atomic E-state index is 6.35. The number of aromatic nitrogens is 3. The number of hydrogen-bond donors (Lipinski definition) is 0. The molecule has 0 atom stereocenters. The Hall–Kier alpha value is -6.13. The molecular formula is C41H25N3O. The van der Waals surface area contributed by atoms with Crippen LogP contribution >= 0.6 is 0 Å². The molecule has 0 spiro atoms. The van der Waals surface area contributed by atoms with Crippen molar-refractivity contribution in [1.82, 2.24) is 15.0 Å². The van der Waals surface area contributed by atoms with Crippen LogP contribution in [0.4, 0.5) is 0 Å². The van der Waals surface area contributed by atoms with Crippen molar-refractivity contribution in [3.63, 3.8) is 0 Å². The molecule has 0 unspecified atom stereocenters. The van der Waals surface area contributed by atoms with Crippen molar-refractivity contribution >= 4 is 43.5 Å². The molecule has 45 heavy (non-hydrogen) atoms. The minimum atomic E-state index is 0.602. The zero-order chi connectivity index (χ0) is 29.7. The second-order valence-corrected chi connectivity index (χ2v) is 11.3. The van der Waals surface area contributed by atoms with Gasteiger partial charge < -0.3 is 4.42 Å². The van der Waals surface area contributed by atoms with Crippen molar-refractivity contribution in [2.45, 2.75) is 0 Å². The summed E-state index contributed by atoms with van der Waals surface area (Å²) in [4.78, 5) is 14.9. The average Bonchev–Trinajstić information content (AvgIpc) is 3.49. The SMILES string of the molecule is c1ccc(-c2ccc3oc4cc(-c5nc(-c6ccccc6)nc(-c6ccc7c(ccc8ccccc87)c6)n5)ccc4c3c2)cc1. The third kappa shape index (κ3) is 4.43. The second-order valence-electron chi connectivity index (χ2n) is 11.3. The van der Waals surface area contributed by atoms with Crippen LogP contribution in [-0.2, 0) is 0 Å². The molecule has 2 heterocycles. The smallest absolute Gasteiger partial charge is 0.164 e. The summed E-state index contributed by atoms with van der Waals surface area (Å²) < 4.78 is 6.35. The Balaban J connectivity index is 1.19. The van der Waals surface area contributed by atoms with Gasteiger partial charge in [-0.05, 0) is 63.0 Å². The number of hydrogen-bond acceptors (Lipinski definition) is 4. The molecule has 0 saturated carbocycles. The van der Waals surface area contributed by atoms with Crippen LogP contribution in [0.3, 0.4) is 0 Å². The average molecular weight is 576 g/mol. The quantitative estimate of drug-likeness (QED) is 0.196. The first-order valence-corrected chi connectivity index (χ1v) is 15.0. The van der Waals surface area contributed by atoms with Crippen LogP contribution < -0.4 is 0 Å². The molecule has 7 aromatic carbocycles. The van der Waals surface area contributed by atoms with Crippen LogP contribution in [0, 0.1) is 0 Å². The van der Waals surface area contributed by atoms with Gasteiger partial charge in [0.1, 0.15) is 11.2 Å². The third-order valence-electron chi connectivity index (χ3n) is 8.51. The first-order valence-electron chi connectivity index (χ1n) is 15.0. The van der Waals surface area contributed by atoms with Gasteiger partial charge in [-0.2, -0.15) is 0 Å². The summed E-state index contributed by atoms with van der Waals surface area (Å²) in [6.07, 6.45) is 0. The van der Waals surface area contributed by atoms with Gasteiger partial charge in [0.05, 0.1) is 0 Å². The summed E-state index contributed by atoms with van der Waals surface area (Å²) in [5.74, 6) is 1.86. The van der Waals surface area contributed by atoms with E-state index >= 15 is 0 Å². The summed E-state index contributed by atoms with van der Waals surface area (Å²) in [6, 6.07) is 52.3. The molecule has 210 valence electrons. The van der Waals surface area contributed by atoms with E-state index in [0.717, 1.165) is 49.6 Å². The van der Waals surface area contributed by atoms with Gasteiger partial charge in [-0.25, -0.2) is 15.0 Å². The fourth-order valence-corrected chi connectivity index (χ4v) is 6.23. The molecule has 0 radical (unpaired) electrons. The lowest BCUT2D eigenvalue weighted by Gasteiger charge is -2.10. The second kappa shape index (κ2) is 10.2. The Kier molecular flexibility index (Phi) is 5.78. The fraction of sp³-hybridized carbons (Fsp3) is 0. The standard InChI is InChI=1S/C41H25N3O/c1-3-9-26(10-4-1)29-19-22-37-36(24-29)35-21-18-32(25-38(35)45-37)41-43-39(28-12-5-2-6-13-28)42-40(44-41)31-17-20-34-30(23-31)16-15-27-11-7-8-14-33(27)34/h1-25H. The summed E-state index contributed by atoms with van der Waals surface area (Å²) >= 11 is 0. The van der Waals surface area contributed by atoms with Crippen LogP contribution in [0.25, 0.3) is 88.8 Å². The van der Waals surface area contributed by atoms with Gasteiger partial charge in [0.2, 0.25) is 0 Å². The molecule has 0 bridgehead atoms. The van der Waals surface area contributed by atoms with Gasteiger partial charge in [0, 0.05) is 27.5 Å². The molecular weight excluding hydrogens is 550 g/mol. The molecule has 0 amide bonds. The van der Waals surface area contributed by atoms with E-state index in [-0.39, 0.29) is 0 Å². The molecule has 0 aliphatic carbocycles. The van der Waals surface area contributed by atoms with Crippen LogP contribution in [-0.4, -0.2) is 15.0 Å². The Morgan fingerprint density at radius 3 is 1.67 bits per heavy atom. The van der Waals surface area contributed by atoms with E-state index in [4.69, 9.17) is 19.4 Å². The molecule has 0 fully saturated rings. The maximum atomic E-state index is 6.35. The van der Waals surface area contributed by atoms with E-state index in [1.807, 2.05) is 42.5 Å². The van der Waals surface area contributed by atoms with Crippen LogP contribution in [0.15, 0.2) is 156 Å². The van der Waals surface area contributed by atoms with Crippen molar-refractivity contribution in [3.05, 3.63) is 152 Å². The van der Waals surface area contributed by atoms with E-state index in [0.29, 0.717) is 17.5 Å². The minimum absolute atomic E-state index is 0.602. The summed E-state index contributed by atoms with van der Waals surface area (Å²) in [5, 5.41) is 6.96. The van der Waals surface area contributed by atoms with Gasteiger partial charge in [-0.3, -0.25) is 0 Å². The molecule has 9 aromatic rings. The lowest BCUT2D eigenvalue weighted by Crippen LogP contribution is -2.00. The van der Waals surface area contributed by atoms with Crippen LogP contribution in [0.5, 0.6) is 0 Å². The first kappa shape index (κ1) is 25.4. The van der Waals surface area contributed by atoms with E-state index in [1.54, 1.807) is 0 Å². The number of furan rings is 1. The monoisotopic (exact) mass is 575 g/mol. The molecule has 0 aliphatic heterocycles. The van der Waals surface area contributed by atoms with Crippen molar-refractivity contribution in [3.8, 4) is 45.3 Å². The third-order valence-corrected chi connectivity index (χ3v) is 8.51. The van der Waals surface area contributed by atoms with E-state index in [2.05, 4.69) is 109 Å². The van der Waals surface area contributed by atoms with Crippen molar-refractivity contribution < 1.29 is 4.42 Å². The van der Waals surface area contributed by atoms with Crippen molar-refractivity contribution in [2.75, 3.05) is 0 Å². The summed E-state index contributed by atoms with van der Waals surface area (Å²) in [5.41, 5.74) is 6.74. The van der Waals surface area contributed by atoms with Gasteiger partial charge in [0.25, 0.3) is 0 Å². The van der Waals surface area contributed by atoms with E-state index in [1.165, 1.54) is 21.7 Å². The maximum Gasteiger partial charge on any atom is 0.164 e. The van der Waals surface area contributed by atoms with Crippen molar-refractivity contribution in [1.29, 1.82) is 0 Å². The van der Waals surface area contributed by atoms with Crippen LogP contribution in [0.1, 0.15) is 0 Å². The first-order chi connectivity index (χ1) is 22.3. The summed E-state index contributed by atoms with van der Waals surface area (Å²) in [7, 11) is 0. The highest BCUT2D eigenvalue weighted by atomic mass is 16.3. The molecule has 0 aliphatic rings. The molecule has 4 nitrogen and oxygen atoms in total. The lowest BCUT2D eigenvalue weighted by molar-refractivity contribution is 0.669. The lowest BCUT2D eigenvalue weighted by atomic mass is 10.00. The van der Waals surface area contributed by atoms with Gasteiger partial charge in [-0.15, -0.1) is 0 Å². The number of fused-ring (bicyclic) bond motifs is 6. The summed E-state index contributed by atoms with van der Waals surface area (Å²) in [6.45, 7) is 0. The molecule has 9 rings (SSSR count). The van der Waals surface area contributed by atoms with Crippen LogP contribution in [0.2, 0.25) is 0 Å². The Bertz CT molecular complexity index is 2540.